The molecule has 0 N–H and O–H groups in total. The third-order valence-corrected chi connectivity index (χ3v) is 8.60. The van der Waals surface area contributed by atoms with E-state index in [9.17, 15) is 4.79 Å². The van der Waals surface area contributed by atoms with Crippen molar-refractivity contribution < 1.29 is 4.79 Å². The fourth-order valence-corrected chi connectivity index (χ4v) is 6.58. The van der Waals surface area contributed by atoms with Crippen molar-refractivity contribution in [2.75, 3.05) is 34.8 Å². The van der Waals surface area contributed by atoms with E-state index in [0.717, 1.165) is 45.6 Å². The van der Waals surface area contributed by atoms with E-state index in [1.165, 1.54) is 17.4 Å². The van der Waals surface area contributed by atoms with Crippen LogP contribution in [-0.4, -0.2) is 31.2 Å². The fraction of sp³-hybridized carbons (Fsp3) is 0.214. The van der Waals surface area contributed by atoms with Gasteiger partial charge in [-0.25, -0.2) is 4.99 Å². The summed E-state index contributed by atoms with van der Waals surface area (Å²) in [5, 5.41) is 1.61. The molecule has 0 unspecified atom stereocenters. The Balaban J connectivity index is 1.55. The van der Waals surface area contributed by atoms with Gasteiger partial charge in [0.15, 0.2) is 5.17 Å². The molecule has 3 aromatic carbocycles. The number of thioether (sulfide) groups is 2. The predicted molar refractivity (Wildman–Crippen MR) is 151 cm³/mol. The quantitative estimate of drug-likeness (QED) is 0.352. The lowest BCUT2D eigenvalue weighted by molar-refractivity contribution is -0.113. The molecule has 0 atom stereocenters. The van der Waals surface area contributed by atoms with Crippen molar-refractivity contribution >= 4 is 57.3 Å². The molecule has 5 rings (SSSR count). The molecule has 0 aromatic heterocycles. The summed E-state index contributed by atoms with van der Waals surface area (Å²) in [5.74, 6) is -0.0421. The third kappa shape index (κ3) is 4.46. The number of benzene rings is 3. The molecule has 2 aliphatic rings. The van der Waals surface area contributed by atoms with Gasteiger partial charge in [-0.05, 0) is 81.1 Å². The van der Waals surface area contributed by atoms with Gasteiger partial charge in [-0.15, -0.1) is 0 Å². The van der Waals surface area contributed by atoms with Gasteiger partial charge in [-0.3, -0.25) is 9.69 Å². The van der Waals surface area contributed by atoms with Gasteiger partial charge in [0, 0.05) is 30.7 Å². The highest BCUT2D eigenvalue weighted by atomic mass is 32.2. The van der Waals surface area contributed by atoms with E-state index in [2.05, 4.69) is 47.9 Å². The standard InChI is InChI=1S/C28H28N4OS2/c1-5-31(6-2)21-17-13-20(14-18-21)29-28-32(22-15-11-19(3)12-16-22)26(33)25(35-28)27-30(4)23-9-7-8-10-24(23)34-27/h7-18H,5-6H2,1-4H3. The number of amidine groups is 1. The number of aryl methyl sites for hydroxylation is 1. The van der Waals surface area contributed by atoms with Crippen LogP contribution in [0.2, 0.25) is 0 Å². The van der Waals surface area contributed by atoms with Crippen molar-refractivity contribution in [3.8, 4) is 0 Å². The molecule has 1 saturated heterocycles. The van der Waals surface area contributed by atoms with Crippen LogP contribution in [0, 0.1) is 6.92 Å². The van der Waals surface area contributed by atoms with Crippen LogP contribution in [0.3, 0.4) is 0 Å². The molecule has 0 spiro atoms. The van der Waals surface area contributed by atoms with E-state index in [-0.39, 0.29) is 5.91 Å². The minimum absolute atomic E-state index is 0.0421. The first-order chi connectivity index (χ1) is 17.0. The molecule has 0 bridgehead atoms. The van der Waals surface area contributed by atoms with Crippen LogP contribution < -0.4 is 14.7 Å². The van der Waals surface area contributed by atoms with Crippen LogP contribution >= 0.6 is 23.5 Å². The van der Waals surface area contributed by atoms with E-state index in [1.54, 1.807) is 16.7 Å². The fourth-order valence-electron chi connectivity index (χ4n) is 4.24. The average Bonchev–Trinajstić information content (AvgIpc) is 3.38. The monoisotopic (exact) mass is 500 g/mol. The molecule has 35 heavy (non-hydrogen) atoms. The summed E-state index contributed by atoms with van der Waals surface area (Å²) in [7, 11) is 2.02. The summed E-state index contributed by atoms with van der Waals surface area (Å²) in [6.45, 7) is 8.28. The smallest absolute Gasteiger partial charge is 0.274 e. The van der Waals surface area contributed by atoms with Crippen molar-refractivity contribution in [2.24, 2.45) is 4.99 Å². The topological polar surface area (TPSA) is 39.1 Å². The highest BCUT2D eigenvalue weighted by Gasteiger charge is 2.40. The van der Waals surface area contributed by atoms with E-state index in [0.29, 0.717) is 10.1 Å². The van der Waals surface area contributed by atoms with Crippen molar-refractivity contribution in [3.63, 3.8) is 0 Å². The number of nitrogens with zero attached hydrogens (tertiary/aromatic N) is 4. The summed E-state index contributed by atoms with van der Waals surface area (Å²) in [5.41, 5.74) is 5.10. The number of hydrogen-bond donors (Lipinski definition) is 0. The zero-order valence-electron chi connectivity index (χ0n) is 20.4. The summed E-state index contributed by atoms with van der Waals surface area (Å²) in [4.78, 5) is 26.8. The molecule has 1 amide bonds. The second-order valence-corrected chi connectivity index (χ2v) is 10.4. The minimum atomic E-state index is -0.0421. The maximum atomic E-state index is 13.8. The molecule has 7 heteroatoms. The van der Waals surface area contributed by atoms with Crippen LogP contribution in [0.15, 0.2) is 92.6 Å². The van der Waals surface area contributed by atoms with E-state index in [1.807, 2.05) is 62.5 Å². The highest BCUT2D eigenvalue weighted by molar-refractivity contribution is 8.20. The number of fused-ring (bicyclic) bond motifs is 1. The predicted octanol–water partition coefficient (Wildman–Crippen LogP) is 7.02. The molecular weight excluding hydrogens is 472 g/mol. The third-order valence-electron chi connectivity index (χ3n) is 6.21. The molecule has 5 nitrogen and oxygen atoms in total. The normalized spacial score (nSPS) is 18.5. The Hall–Kier alpha value is -3.16. The number of para-hydroxylation sites is 1. The molecule has 0 radical (unpaired) electrons. The molecular formula is C28H28N4OS2. The van der Waals surface area contributed by atoms with Crippen LogP contribution in [-0.2, 0) is 4.79 Å². The second kappa shape index (κ2) is 9.84. The van der Waals surface area contributed by atoms with Gasteiger partial charge in [0.05, 0.1) is 22.1 Å². The van der Waals surface area contributed by atoms with Crippen molar-refractivity contribution in [1.82, 2.24) is 0 Å². The first kappa shape index (κ1) is 23.6. The number of carbonyl (C=O) groups excluding carboxylic acids is 1. The Labute approximate surface area is 215 Å². The van der Waals surface area contributed by atoms with E-state index < -0.39 is 0 Å². The minimum Gasteiger partial charge on any atom is -0.372 e. The maximum Gasteiger partial charge on any atom is 0.274 e. The van der Waals surface area contributed by atoms with E-state index >= 15 is 0 Å². The zero-order chi connectivity index (χ0) is 24.5. The Morgan fingerprint density at radius 3 is 2.23 bits per heavy atom. The number of amides is 1. The lowest BCUT2D eigenvalue weighted by Gasteiger charge is -2.21. The highest BCUT2D eigenvalue weighted by Crippen LogP contribution is 2.50. The van der Waals surface area contributed by atoms with Gasteiger partial charge < -0.3 is 9.80 Å². The average molecular weight is 501 g/mol. The lowest BCUT2D eigenvalue weighted by Crippen LogP contribution is -2.29. The molecule has 2 aliphatic heterocycles. The number of hydrogen-bond acceptors (Lipinski definition) is 6. The Kier molecular flexibility index (Phi) is 6.62. The number of anilines is 3. The molecule has 0 saturated carbocycles. The Morgan fingerprint density at radius 1 is 0.886 bits per heavy atom. The van der Waals surface area contributed by atoms with Crippen molar-refractivity contribution in [2.45, 2.75) is 25.7 Å². The lowest BCUT2D eigenvalue weighted by atomic mass is 10.2. The molecule has 0 aliphatic carbocycles. The SMILES string of the molecule is CCN(CC)c1ccc(N=C2SC(=C3Sc4ccccc4N3C)C(=O)N2c2ccc(C)cc2)cc1. The van der Waals surface area contributed by atoms with E-state index in [4.69, 9.17) is 4.99 Å². The van der Waals surface area contributed by atoms with Gasteiger partial charge >= 0.3 is 0 Å². The molecule has 2 heterocycles. The largest absolute Gasteiger partial charge is 0.372 e. The van der Waals surface area contributed by atoms with Gasteiger partial charge in [-0.2, -0.15) is 0 Å². The van der Waals surface area contributed by atoms with Crippen LogP contribution in [0.4, 0.5) is 22.7 Å². The zero-order valence-corrected chi connectivity index (χ0v) is 22.0. The summed E-state index contributed by atoms with van der Waals surface area (Å²) in [6, 6.07) is 24.5. The Morgan fingerprint density at radius 2 is 1.57 bits per heavy atom. The van der Waals surface area contributed by atoms with Crippen molar-refractivity contribution in [1.29, 1.82) is 0 Å². The van der Waals surface area contributed by atoms with Crippen LogP contribution in [0.1, 0.15) is 19.4 Å². The van der Waals surface area contributed by atoms with Gasteiger partial charge in [0.2, 0.25) is 0 Å². The first-order valence-electron chi connectivity index (χ1n) is 11.8. The number of rotatable bonds is 5. The van der Waals surface area contributed by atoms with Crippen molar-refractivity contribution in [3.05, 3.63) is 88.3 Å². The number of aliphatic imine (C=N–C) groups is 1. The van der Waals surface area contributed by atoms with Gasteiger partial charge in [-0.1, -0.05) is 41.6 Å². The van der Waals surface area contributed by atoms with Crippen LogP contribution in [0.25, 0.3) is 0 Å². The second-order valence-electron chi connectivity index (χ2n) is 8.42. The van der Waals surface area contributed by atoms with Gasteiger partial charge in [0.25, 0.3) is 5.91 Å². The Bertz CT molecular complexity index is 1310. The molecule has 3 aromatic rings. The first-order valence-corrected chi connectivity index (χ1v) is 13.4. The summed E-state index contributed by atoms with van der Waals surface area (Å²) >= 11 is 3.09. The number of carbonyl (C=O) groups is 1. The maximum absolute atomic E-state index is 13.8. The van der Waals surface area contributed by atoms with Gasteiger partial charge in [0.1, 0.15) is 4.91 Å². The molecule has 178 valence electrons. The summed E-state index contributed by atoms with van der Waals surface area (Å²) < 4.78 is 0. The van der Waals surface area contributed by atoms with Crippen LogP contribution in [0.5, 0.6) is 0 Å². The molecule has 1 fully saturated rings. The summed E-state index contributed by atoms with van der Waals surface area (Å²) in [6.07, 6.45) is 0.